The molecule has 0 amide bonds. The number of nitrogens with zero attached hydrogens (tertiary/aromatic N) is 2. The first kappa shape index (κ1) is 24.1. The monoisotopic (exact) mass is 434 g/mol. The van der Waals surface area contributed by atoms with Gasteiger partial charge in [0.1, 0.15) is 13.1 Å². The third-order valence-corrected chi connectivity index (χ3v) is 5.87. The van der Waals surface area contributed by atoms with Crippen molar-refractivity contribution in [2.24, 2.45) is 0 Å². The number of rotatable bonds is 14. The van der Waals surface area contributed by atoms with Crippen molar-refractivity contribution in [2.75, 3.05) is 13.2 Å². The standard InChI is InChI=1S/C28H38N2O2/c31-21-5-11-27-9-3-19-29(23-27)17-1-7-25-13-15-26(16-14-25)8-2-18-30-20-4-10-28(24-30)12-6-22-32/h3-4,9-10,13-16,19-20,23-24,31-32H,1-2,5-8,11-12,17-18,21-22H2/q+2. The number of benzene rings is 1. The number of pyridine rings is 2. The van der Waals surface area contributed by atoms with Gasteiger partial charge < -0.3 is 10.2 Å². The van der Waals surface area contributed by atoms with Gasteiger partial charge in [-0.05, 0) is 61.8 Å². The number of hydrogen-bond acceptors (Lipinski definition) is 2. The Kier molecular flexibility index (Phi) is 10.4. The van der Waals surface area contributed by atoms with Gasteiger partial charge in [0, 0.05) is 49.3 Å². The molecule has 0 bridgehead atoms. The van der Waals surface area contributed by atoms with Crippen LogP contribution in [-0.2, 0) is 38.8 Å². The van der Waals surface area contributed by atoms with Gasteiger partial charge in [-0.2, -0.15) is 0 Å². The van der Waals surface area contributed by atoms with Gasteiger partial charge in [-0.1, -0.05) is 24.3 Å². The van der Waals surface area contributed by atoms with Crippen LogP contribution in [0.15, 0.2) is 73.3 Å². The Balaban J connectivity index is 1.39. The summed E-state index contributed by atoms with van der Waals surface area (Å²) < 4.78 is 4.52. The van der Waals surface area contributed by atoms with E-state index in [0.717, 1.165) is 64.5 Å². The normalized spacial score (nSPS) is 11.1. The van der Waals surface area contributed by atoms with Gasteiger partial charge in [-0.25, -0.2) is 9.13 Å². The number of hydrogen-bond donors (Lipinski definition) is 2. The minimum absolute atomic E-state index is 0.252. The molecule has 170 valence electrons. The second kappa shape index (κ2) is 13.8. The average Bonchev–Trinajstić information content (AvgIpc) is 2.83. The Hall–Kier alpha value is -2.56. The lowest BCUT2D eigenvalue weighted by molar-refractivity contribution is -0.697. The highest BCUT2D eigenvalue weighted by Gasteiger charge is 2.05. The maximum Gasteiger partial charge on any atom is 0.171 e. The van der Waals surface area contributed by atoms with Gasteiger partial charge >= 0.3 is 0 Å². The molecule has 4 heteroatoms. The van der Waals surface area contributed by atoms with Crippen LogP contribution in [0.3, 0.4) is 0 Å². The summed E-state index contributed by atoms with van der Waals surface area (Å²) >= 11 is 0. The molecule has 0 radical (unpaired) electrons. The van der Waals surface area contributed by atoms with E-state index in [9.17, 15) is 0 Å². The predicted octanol–water partition coefficient (Wildman–Crippen LogP) is 3.38. The van der Waals surface area contributed by atoms with Gasteiger partial charge in [0.05, 0.1) is 0 Å². The zero-order valence-electron chi connectivity index (χ0n) is 19.2. The molecule has 0 atom stereocenters. The minimum atomic E-state index is 0.252. The van der Waals surface area contributed by atoms with Crippen LogP contribution in [0.5, 0.6) is 0 Å². The molecule has 2 heterocycles. The lowest BCUT2D eigenvalue weighted by atomic mass is 10.0. The number of aromatic nitrogens is 2. The quantitative estimate of drug-likeness (QED) is 0.382. The molecule has 0 unspecified atom stereocenters. The van der Waals surface area contributed by atoms with E-state index in [2.05, 4.69) is 82.5 Å². The largest absolute Gasteiger partial charge is 0.396 e. The van der Waals surface area contributed by atoms with Gasteiger partial charge in [-0.15, -0.1) is 0 Å². The molecule has 0 saturated heterocycles. The van der Waals surface area contributed by atoms with E-state index in [1.54, 1.807) is 0 Å². The Morgan fingerprint density at radius 3 is 1.31 bits per heavy atom. The minimum Gasteiger partial charge on any atom is -0.396 e. The number of aryl methyl sites for hydroxylation is 6. The first-order valence-electron chi connectivity index (χ1n) is 12.0. The van der Waals surface area contributed by atoms with Crippen LogP contribution in [0.25, 0.3) is 0 Å². The van der Waals surface area contributed by atoms with E-state index in [0.29, 0.717) is 0 Å². The maximum atomic E-state index is 9.00. The zero-order chi connectivity index (χ0) is 22.4. The number of aliphatic hydroxyl groups is 2. The van der Waals surface area contributed by atoms with Crippen LogP contribution in [0.2, 0.25) is 0 Å². The summed E-state index contributed by atoms with van der Waals surface area (Å²) in [7, 11) is 0. The molecular weight excluding hydrogens is 396 g/mol. The van der Waals surface area contributed by atoms with Crippen LogP contribution in [0.1, 0.15) is 47.9 Å². The summed E-state index contributed by atoms with van der Waals surface area (Å²) in [5.74, 6) is 0. The Morgan fingerprint density at radius 1 is 0.500 bits per heavy atom. The van der Waals surface area contributed by atoms with Crippen molar-refractivity contribution in [3.8, 4) is 0 Å². The zero-order valence-corrected chi connectivity index (χ0v) is 19.2. The predicted molar refractivity (Wildman–Crippen MR) is 127 cm³/mol. The van der Waals surface area contributed by atoms with Crippen LogP contribution in [0, 0.1) is 0 Å². The van der Waals surface area contributed by atoms with Crippen molar-refractivity contribution in [1.82, 2.24) is 0 Å². The van der Waals surface area contributed by atoms with Crippen LogP contribution in [-0.4, -0.2) is 23.4 Å². The lowest BCUT2D eigenvalue weighted by Gasteiger charge is -2.04. The third-order valence-electron chi connectivity index (χ3n) is 5.87. The first-order chi connectivity index (χ1) is 15.8. The van der Waals surface area contributed by atoms with Crippen molar-refractivity contribution >= 4 is 0 Å². The van der Waals surface area contributed by atoms with Crippen LogP contribution < -0.4 is 9.13 Å². The highest BCUT2D eigenvalue weighted by molar-refractivity contribution is 5.22. The van der Waals surface area contributed by atoms with Gasteiger partial charge in [0.25, 0.3) is 0 Å². The lowest BCUT2D eigenvalue weighted by Crippen LogP contribution is -2.33. The molecule has 0 aliphatic carbocycles. The highest BCUT2D eigenvalue weighted by Crippen LogP contribution is 2.09. The molecule has 32 heavy (non-hydrogen) atoms. The summed E-state index contributed by atoms with van der Waals surface area (Å²) in [6.45, 7) is 2.54. The van der Waals surface area contributed by atoms with E-state index < -0.39 is 0 Å². The van der Waals surface area contributed by atoms with Crippen molar-refractivity contribution in [3.63, 3.8) is 0 Å². The fraction of sp³-hybridized carbons (Fsp3) is 0.429. The molecule has 2 aromatic heterocycles. The van der Waals surface area contributed by atoms with E-state index in [1.807, 2.05) is 0 Å². The smallest absolute Gasteiger partial charge is 0.171 e. The van der Waals surface area contributed by atoms with Crippen molar-refractivity contribution in [2.45, 2.75) is 64.5 Å². The SMILES string of the molecule is OCCCc1ccc[n+](CCCc2ccc(CCC[n+]3cccc(CCCO)c3)cc2)c1. The Bertz CT molecular complexity index is 848. The molecule has 3 rings (SSSR count). The summed E-state index contributed by atoms with van der Waals surface area (Å²) in [6, 6.07) is 17.6. The summed E-state index contributed by atoms with van der Waals surface area (Å²) in [5.41, 5.74) is 5.38. The summed E-state index contributed by atoms with van der Waals surface area (Å²) in [4.78, 5) is 0. The van der Waals surface area contributed by atoms with Gasteiger partial charge in [0.15, 0.2) is 24.8 Å². The van der Waals surface area contributed by atoms with Crippen LogP contribution in [0.4, 0.5) is 0 Å². The molecule has 2 N–H and O–H groups in total. The van der Waals surface area contributed by atoms with E-state index in [4.69, 9.17) is 10.2 Å². The second-order valence-corrected chi connectivity index (χ2v) is 8.58. The Morgan fingerprint density at radius 2 is 0.906 bits per heavy atom. The van der Waals surface area contributed by atoms with Crippen molar-refractivity contribution in [3.05, 3.63) is 95.6 Å². The third kappa shape index (κ3) is 8.52. The summed E-state index contributed by atoms with van der Waals surface area (Å²) in [5, 5.41) is 18.0. The maximum absolute atomic E-state index is 9.00. The Labute approximate surface area is 192 Å². The van der Waals surface area contributed by atoms with Crippen molar-refractivity contribution < 1.29 is 19.3 Å². The van der Waals surface area contributed by atoms with Crippen LogP contribution >= 0.6 is 0 Å². The van der Waals surface area contributed by atoms with E-state index in [1.165, 1.54) is 22.3 Å². The fourth-order valence-electron chi connectivity index (χ4n) is 4.10. The molecule has 0 spiro atoms. The summed E-state index contributed by atoms with van der Waals surface area (Å²) in [6.07, 6.45) is 16.6. The van der Waals surface area contributed by atoms with Gasteiger partial charge in [0.2, 0.25) is 0 Å². The molecule has 1 aromatic carbocycles. The molecule has 3 aromatic rings. The molecule has 0 fully saturated rings. The number of aliphatic hydroxyl groups excluding tert-OH is 2. The molecule has 0 aliphatic rings. The highest BCUT2D eigenvalue weighted by atomic mass is 16.3. The first-order valence-corrected chi connectivity index (χ1v) is 12.0. The second-order valence-electron chi connectivity index (χ2n) is 8.58. The molecule has 0 aliphatic heterocycles. The topological polar surface area (TPSA) is 48.2 Å². The van der Waals surface area contributed by atoms with E-state index >= 15 is 0 Å². The molecule has 0 saturated carbocycles. The average molecular weight is 435 g/mol. The van der Waals surface area contributed by atoms with Gasteiger partial charge in [-0.3, -0.25) is 0 Å². The van der Waals surface area contributed by atoms with E-state index in [-0.39, 0.29) is 13.2 Å². The molecule has 4 nitrogen and oxygen atoms in total. The fourth-order valence-corrected chi connectivity index (χ4v) is 4.10. The van der Waals surface area contributed by atoms with Crippen molar-refractivity contribution in [1.29, 1.82) is 0 Å². The molecular formula is C28H38N2O2+2.